The van der Waals surface area contributed by atoms with Gasteiger partial charge >= 0.3 is 0 Å². The fraction of sp³-hybridized carbons (Fsp3) is 0.158. The van der Waals surface area contributed by atoms with Gasteiger partial charge in [0.15, 0.2) is 11.5 Å². The number of hydrogen-bond acceptors (Lipinski definition) is 4. The van der Waals surface area contributed by atoms with E-state index in [1.165, 1.54) is 14.2 Å². The van der Waals surface area contributed by atoms with Crippen LogP contribution in [-0.4, -0.2) is 29.9 Å². The number of amides is 1. The second-order valence-corrected chi connectivity index (χ2v) is 5.91. The van der Waals surface area contributed by atoms with E-state index in [4.69, 9.17) is 21.1 Å². The van der Waals surface area contributed by atoms with Crippen molar-refractivity contribution >= 4 is 17.5 Å². The molecule has 0 spiro atoms. The Hall–Kier alpha value is -2.99. The number of nitrogens with one attached hydrogen (secondary N) is 1. The van der Waals surface area contributed by atoms with Crippen molar-refractivity contribution in [3.8, 4) is 17.2 Å². The number of carbonyl (C=O) groups excluding carboxylic acids is 1. The van der Waals surface area contributed by atoms with E-state index in [-0.39, 0.29) is 5.91 Å². The monoisotopic (exact) mass is 371 g/mol. The van der Waals surface area contributed by atoms with Crippen LogP contribution < -0.4 is 14.8 Å². The molecule has 0 fully saturated rings. The van der Waals surface area contributed by atoms with Crippen LogP contribution in [0.15, 0.2) is 54.9 Å². The maximum absolute atomic E-state index is 12.4. The van der Waals surface area contributed by atoms with Crippen LogP contribution in [0, 0.1) is 0 Å². The molecule has 134 valence electrons. The molecule has 0 aliphatic heterocycles. The molecule has 0 saturated heterocycles. The van der Waals surface area contributed by atoms with Crippen LogP contribution in [0.25, 0.3) is 5.69 Å². The molecule has 26 heavy (non-hydrogen) atoms. The maximum Gasteiger partial charge on any atom is 0.251 e. The highest BCUT2D eigenvalue weighted by molar-refractivity contribution is 6.32. The number of nitrogens with zero attached hydrogens (tertiary/aromatic N) is 2. The number of rotatable bonds is 6. The number of methoxy groups -OCH3 is 2. The quantitative estimate of drug-likeness (QED) is 0.720. The lowest BCUT2D eigenvalue weighted by Gasteiger charge is -2.11. The van der Waals surface area contributed by atoms with Gasteiger partial charge in [-0.05, 0) is 24.3 Å². The molecule has 0 aliphatic carbocycles. The molecule has 2 aromatic carbocycles. The average Bonchev–Trinajstić information content (AvgIpc) is 3.15. The summed E-state index contributed by atoms with van der Waals surface area (Å²) < 4.78 is 12.2. The molecule has 1 N–H and O–H groups in total. The van der Waals surface area contributed by atoms with Crippen LogP contribution in [-0.2, 0) is 6.54 Å². The minimum atomic E-state index is -0.264. The minimum Gasteiger partial charge on any atom is -0.493 e. The van der Waals surface area contributed by atoms with Gasteiger partial charge in [-0.2, -0.15) is 5.10 Å². The molecule has 1 heterocycles. The Morgan fingerprint density at radius 1 is 1.19 bits per heavy atom. The number of para-hydroxylation sites is 1. The summed E-state index contributed by atoms with van der Waals surface area (Å²) in [6.07, 6.45) is 3.59. The number of ether oxygens (including phenoxy) is 2. The van der Waals surface area contributed by atoms with Gasteiger partial charge in [-0.3, -0.25) is 4.79 Å². The van der Waals surface area contributed by atoms with E-state index >= 15 is 0 Å². The smallest absolute Gasteiger partial charge is 0.251 e. The summed E-state index contributed by atoms with van der Waals surface area (Å²) in [6, 6.07) is 12.9. The standard InChI is InChI=1S/C19H18ClN3O3/c1-25-17-9-14(8-16(20)18(17)26-2)19(24)21-10-13-11-22-23(12-13)15-6-4-3-5-7-15/h3-9,11-12H,10H2,1-2H3,(H,21,24). The topological polar surface area (TPSA) is 65.4 Å². The molecule has 0 bridgehead atoms. The number of carbonyl (C=O) groups is 1. The summed E-state index contributed by atoms with van der Waals surface area (Å²) in [4.78, 5) is 12.4. The van der Waals surface area contributed by atoms with Gasteiger partial charge in [0.25, 0.3) is 5.91 Å². The van der Waals surface area contributed by atoms with E-state index in [9.17, 15) is 4.79 Å². The number of halogens is 1. The zero-order valence-electron chi connectivity index (χ0n) is 14.4. The van der Waals surface area contributed by atoms with Gasteiger partial charge in [0, 0.05) is 23.9 Å². The lowest BCUT2D eigenvalue weighted by molar-refractivity contribution is 0.0950. The van der Waals surface area contributed by atoms with Crippen molar-refractivity contribution in [2.45, 2.75) is 6.54 Å². The number of hydrogen-bond donors (Lipinski definition) is 1. The summed E-state index contributed by atoms with van der Waals surface area (Å²) in [5, 5.41) is 7.47. The van der Waals surface area contributed by atoms with E-state index in [1.54, 1.807) is 23.0 Å². The SMILES string of the molecule is COc1cc(C(=O)NCc2cnn(-c3ccccc3)c2)cc(Cl)c1OC. The van der Waals surface area contributed by atoms with Gasteiger partial charge < -0.3 is 14.8 Å². The molecule has 0 saturated carbocycles. The fourth-order valence-electron chi connectivity index (χ4n) is 2.51. The van der Waals surface area contributed by atoms with Crippen LogP contribution >= 0.6 is 11.6 Å². The summed E-state index contributed by atoms with van der Waals surface area (Å²) >= 11 is 6.15. The first-order valence-electron chi connectivity index (χ1n) is 7.91. The van der Waals surface area contributed by atoms with Gasteiger partial charge in [-0.1, -0.05) is 29.8 Å². The molecular formula is C19H18ClN3O3. The minimum absolute atomic E-state index is 0.264. The molecule has 7 heteroatoms. The van der Waals surface area contributed by atoms with Crippen molar-refractivity contribution in [3.63, 3.8) is 0 Å². The maximum atomic E-state index is 12.4. The highest BCUT2D eigenvalue weighted by Gasteiger charge is 2.15. The van der Waals surface area contributed by atoms with Crippen molar-refractivity contribution in [1.82, 2.24) is 15.1 Å². The van der Waals surface area contributed by atoms with E-state index < -0.39 is 0 Å². The van der Waals surface area contributed by atoms with Crippen LogP contribution in [0.4, 0.5) is 0 Å². The summed E-state index contributed by atoms with van der Waals surface area (Å²) in [7, 11) is 2.99. The summed E-state index contributed by atoms with van der Waals surface area (Å²) in [5.41, 5.74) is 2.23. The Morgan fingerprint density at radius 2 is 1.96 bits per heavy atom. The zero-order chi connectivity index (χ0) is 18.5. The van der Waals surface area contributed by atoms with Gasteiger partial charge in [-0.15, -0.1) is 0 Å². The zero-order valence-corrected chi connectivity index (χ0v) is 15.2. The Labute approximate surface area is 156 Å². The number of aromatic nitrogens is 2. The Morgan fingerprint density at radius 3 is 2.65 bits per heavy atom. The second-order valence-electron chi connectivity index (χ2n) is 5.50. The van der Waals surface area contributed by atoms with Crippen LogP contribution in [0.2, 0.25) is 5.02 Å². The lowest BCUT2D eigenvalue weighted by Crippen LogP contribution is -2.22. The third-order valence-corrected chi connectivity index (χ3v) is 4.09. The first kappa shape index (κ1) is 17.8. The lowest BCUT2D eigenvalue weighted by atomic mass is 10.2. The van der Waals surface area contributed by atoms with E-state index in [0.717, 1.165) is 11.3 Å². The van der Waals surface area contributed by atoms with Gasteiger partial charge in [0.05, 0.1) is 31.1 Å². The molecule has 3 aromatic rings. The largest absolute Gasteiger partial charge is 0.493 e. The molecule has 0 unspecified atom stereocenters. The highest BCUT2D eigenvalue weighted by atomic mass is 35.5. The Balaban J connectivity index is 1.70. The molecule has 6 nitrogen and oxygen atoms in total. The fourth-order valence-corrected chi connectivity index (χ4v) is 2.79. The third kappa shape index (κ3) is 3.81. The number of benzene rings is 2. The van der Waals surface area contributed by atoms with E-state index in [0.29, 0.717) is 28.6 Å². The Kier molecular flexibility index (Phi) is 5.43. The second kappa shape index (κ2) is 7.93. The van der Waals surface area contributed by atoms with Crippen LogP contribution in [0.1, 0.15) is 15.9 Å². The highest BCUT2D eigenvalue weighted by Crippen LogP contribution is 2.35. The van der Waals surface area contributed by atoms with E-state index in [1.807, 2.05) is 36.5 Å². The van der Waals surface area contributed by atoms with Crippen molar-refractivity contribution in [3.05, 3.63) is 71.0 Å². The van der Waals surface area contributed by atoms with Crippen molar-refractivity contribution in [2.24, 2.45) is 0 Å². The predicted molar refractivity (Wildman–Crippen MR) is 99.3 cm³/mol. The van der Waals surface area contributed by atoms with Crippen molar-refractivity contribution < 1.29 is 14.3 Å². The first-order chi connectivity index (χ1) is 12.6. The van der Waals surface area contributed by atoms with Crippen molar-refractivity contribution in [2.75, 3.05) is 14.2 Å². The van der Waals surface area contributed by atoms with Gasteiger partial charge in [0.1, 0.15) is 0 Å². The Bertz CT molecular complexity index is 910. The molecule has 0 radical (unpaired) electrons. The molecule has 3 rings (SSSR count). The molecule has 0 atom stereocenters. The molecule has 1 amide bonds. The van der Waals surface area contributed by atoms with Crippen LogP contribution in [0.3, 0.4) is 0 Å². The van der Waals surface area contributed by atoms with E-state index in [2.05, 4.69) is 10.4 Å². The predicted octanol–water partition coefficient (Wildman–Crippen LogP) is 3.47. The first-order valence-corrected chi connectivity index (χ1v) is 8.29. The van der Waals surface area contributed by atoms with Gasteiger partial charge in [-0.25, -0.2) is 4.68 Å². The van der Waals surface area contributed by atoms with Gasteiger partial charge in [0.2, 0.25) is 0 Å². The molecular weight excluding hydrogens is 354 g/mol. The summed E-state index contributed by atoms with van der Waals surface area (Å²) in [6.45, 7) is 0.345. The average molecular weight is 372 g/mol. The summed E-state index contributed by atoms with van der Waals surface area (Å²) in [5.74, 6) is 0.539. The third-order valence-electron chi connectivity index (χ3n) is 3.81. The van der Waals surface area contributed by atoms with Crippen LogP contribution in [0.5, 0.6) is 11.5 Å². The van der Waals surface area contributed by atoms with Crippen molar-refractivity contribution in [1.29, 1.82) is 0 Å². The molecule has 1 aromatic heterocycles. The normalized spacial score (nSPS) is 10.4. The molecule has 0 aliphatic rings.